The van der Waals surface area contributed by atoms with Crippen molar-refractivity contribution in [1.82, 2.24) is 15.0 Å². The van der Waals surface area contributed by atoms with Crippen LogP contribution >= 0.6 is 0 Å². The summed E-state index contributed by atoms with van der Waals surface area (Å²) < 4.78 is 39.8. The highest BCUT2D eigenvalue weighted by Crippen LogP contribution is 2.40. The number of ether oxygens (including phenoxy) is 2. The first kappa shape index (κ1) is 18.1. The zero-order valence-electron chi connectivity index (χ0n) is 15.4. The third-order valence-electron chi connectivity index (χ3n) is 4.59. The molecule has 0 aliphatic heterocycles. The van der Waals surface area contributed by atoms with Gasteiger partial charge < -0.3 is 25.5 Å². The molecule has 7 nitrogen and oxygen atoms in total. The summed E-state index contributed by atoms with van der Waals surface area (Å²) >= 11 is 0. The number of fused-ring (bicyclic) bond motifs is 1. The first-order chi connectivity index (χ1) is 13.5. The molecule has 4 rings (SSSR count). The van der Waals surface area contributed by atoms with Crippen molar-refractivity contribution < 1.29 is 18.3 Å². The molecule has 0 saturated heterocycles. The zero-order chi connectivity index (χ0) is 19.8. The van der Waals surface area contributed by atoms with Gasteiger partial charge in [-0.05, 0) is 30.0 Å². The molecule has 3 aromatic rings. The summed E-state index contributed by atoms with van der Waals surface area (Å²) in [5.74, 6) is -1.21. The molecule has 0 bridgehead atoms. The Balaban J connectivity index is 1.92. The largest absolute Gasteiger partial charge is 0.494 e. The van der Waals surface area contributed by atoms with Gasteiger partial charge >= 0.3 is 0 Å². The van der Waals surface area contributed by atoms with E-state index in [1.54, 1.807) is 0 Å². The van der Waals surface area contributed by atoms with Crippen LogP contribution in [0.1, 0.15) is 12.8 Å². The normalized spacial score (nSPS) is 13.6. The maximum absolute atomic E-state index is 14.9. The van der Waals surface area contributed by atoms with Gasteiger partial charge in [-0.1, -0.05) is 12.8 Å². The van der Waals surface area contributed by atoms with Crippen molar-refractivity contribution in [3.8, 4) is 22.8 Å². The number of nitrogen functional groups attached to an aromatic ring is 1. The summed E-state index contributed by atoms with van der Waals surface area (Å²) in [5, 5.41) is 5.03. The number of hydrogen-bond acceptors (Lipinski definition) is 6. The predicted molar refractivity (Wildman–Crippen MR) is 101 cm³/mol. The number of anilines is 1. The molecule has 2 N–H and O–H groups in total. The van der Waals surface area contributed by atoms with Gasteiger partial charge in [0.15, 0.2) is 23.1 Å². The molecule has 1 aromatic carbocycles. The maximum Gasteiger partial charge on any atom is 0.220 e. The lowest BCUT2D eigenvalue weighted by Crippen LogP contribution is -2.02. The summed E-state index contributed by atoms with van der Waals surface area (Å²) in [6, 6.07) is 2.64. The van der Waals surface area contributed by atoms with E-state index in [-0.39, 0.29) is 34.5 Å². The summed E-state index contributed by atoms with van der Waals surface area (Å²) in [7, 11) is 2.58. The van der Waals surface area contributed by atoms with Gasteiger partial charge in [0.2, 0.25) is 5.95 Å². The SMILES string of the molecule is COc1cc(OC)c(F)c(-c2cc3cnc(N)nc3c([N-]CC3CC3)n2)c1F. The highest BCUT2D eigenvalue weighted by Gasteiger charge is 2.22. The Bertz CT molecular complexity index is 1030. The van der Waals surface area contributed by atoms with Crippen molar-refractivity contribution >= 4 is 22.7 Å². The first-order valence-electron chi connectivity index (χ1n) is 8.73. The van der Waals surface area contributed by atoms with Crippen LogP contribution in [0.4, 0.5) is 20.5 Å². The number of rotatable bonds is 6. The second-order valence-electron chi connectivity index (χ2n) is 6.57. The fraction of sp³-hybridized carbons (Fsp3) is 0.316. The van der Waals surface area contributed by atoms with E-state index < -0.39 is 11.6 Å². The van der Waals surface area contributed by atoms with E-state index in [9.17, 15) is 8.78 Å². The van der Waals surface area contributed by atoms with Crippen LogP contribution < -0.4 is 15.2 Å². The van der Waals surface area contributed by atoms with E-state index in [0.29, 0.717) is 23.4 Å². The number of methoxy groups -OCH3 is 2. The van der Waals surface area contributed by atoms with Crippen molar-refractivity contribution in [2.45, 2.75) is 12.8 Å². The maximum atomic E-state index is 14.9. The average Bonchev–Trinajstić information content (AvgIpc) is 3.51. The molecule has 0 atom stereocenters. The second-order valence-corrected chi connectivity index (χ2v) is 6.57. The van der Waals surface area contributed by atoms with Crippen molar-refractivity contribution in [2.24, 2.45) is 5.92 Å². The van der Waals surface area contributed by atoms with Gasteiger partial charge in [-0.3, -0.25) is 0 Å². The van der Waals surface area contributed by atoms with Crippen LogP contribution in [0.3, 0.4) is 0 Å². The molecule has 1 aliphatic rings. The third kappa shape index (κ3) is 3.23. The number of hydrogen-bond donors (Lipinski definition) is 1. The molecule has 0 radical (unpaired) electrons. The van der Waals surface area contributed by atoms with E-state index in [2.05, 4.69) is 20.3 Å². The van der Waals surface area contributed by atoms with Crippen molar-refractivity contribution in [1.29, 1.82) is 0 Å². The molecule has 1 fully saturated rings. The monoisotopic (exact) mass is 386 g/mol. The second kappa shape index (κ2) is 7.06. The molecular weight excluding hydrogens is 368 g/mol. The van der Waals surface area contributed by atoms with Gasteiger partial charge in [0.25, 0.3) is 0 Å². The Morgan fingerprint density at radius 3 is 2.39 bits per heavy atom. The average molecular weight is 386 g/mol. The van der Waals surface area contributed by atoms with Gasteiger partial charge in [0.05, 0.1) is 25.3 Å². The van der Waals surface area contributed by atoms with E-state index in [4.69, 9.17) is 15.2 Å². The standard InChI is InChI=1S/C19H18F2N5O2/c1-27-12-6-13(28-2)16(21)14(15(12)20)11-5-10-8-24-19(22)26-17(10)18(25-11)23-7-9-3-4-9/h5-6,8-9H,3-4,7H2,1-2H3,(H2-,22,23,24,25,26)/q-1. The smallest absolute Gasteiger partial charge is 0.220 e. The van der Waals surface area contributed by atoms with Gasteiger partial charge in [-0.15, -0.1) is 0 Å². The van der Waals surface area contributed by atoms with E-state index >= 15 is 0 Å². The Morgan fingerprint density at radius 1 is 1.11 bits per heavy atom. The lowest BCUT2D eigenvalue weighted by atomic mass is 10.1. The summed E-state index contributed by atoms with van der Waals surface area (Å²) in [4.78, 5) is 12.5. The van der Waals surface area contributed by atoms with Crippen molar-refractivity contribution in [3.05, 3.63) is 35.3 Å². The fourth-order valence-electron chi connectivity index (χ4n) is 2.90. The predicted octanol–water partition coefficient (Wildman–Crippen LogP) is 3.98. The van der Waals surface area contributed by atoms with Gasteiger partial charge in [0, 0.05) is 17.6 Å². The molecule has 1 aliphatic carbocycles. The number of halogens is 2. The Labute approximate surface area is 159 Å². The Kier molecular flexibility index (Phi) is 4.58. The van der Waals surface area contributed by atoms with Crippen LogP contribution in [0.15, 0.2) is 18.3 Å². The number of nitrogens with two attached hydrogens (primary N) is 1. The topological polar surface area (TPSA) is 97.3 Å². The summed E-state index contributed by atoms with van der Waals surface area (Å²) in [5.41, 5.74) is 5.81. The van der Waals surface area contributed by atoms with E-state index in [0.717, 1.165) is 18.9 Å². The molecule has 0 unspecified atom stereocenters. The number of benzene rings is 1. The van der Waals surface area contributed by atoms with Crippen molar-refractivity contribution in [3.63, 3.8) is 0 Å². The lowest BCUT2D eigenvalue weighted by Gasteiger charge is -2.21. The molecule has 0 spiro atoms. The molecule has 0 amide bonds. The molecule has 28 heavy (non-hydrogen) atoms. The molecule has 146 valence electrons. The van der Waals surface area contributed by atoms with Gasteiger partial charge in [0.1, 0.15) is 0 Å². The van der Waals surface area contributed by atoms with Crippen LogP contribution in [0.5, 0.6) is 11.5 Å². The van der Waals surface area contributed by atoms with Gasteiger partial charge in [-0.2, -0.15) is 0 Å². The van der Waals surface area contributed by atoms with Crippen LogP contribution in [-0.4, -0.2) is 35.7 Å². The highest BCUT2D eigenvalue weighted by atomic mass is 19.1. The van der Waals surface area contributed by atoms with Crippen LogP contribution in [0.25, 0.3) is 27.5 Å². The molecular formula is C19H18F2N5O2-. The highest BCUT2D eigenvalue weighted by molar-refractivity contribution is 5.92. The number of nitrogens with zero attached hydrogens (tertiary/aromatic N) is 4. The summed E-state index contributed by atoms with van der Waals surface area (Å²) in [6.45, 7) is 0.571. The molecule has 2 heterocycles. The Hall–Kier alpha value is -3.23. The number of aromatic nitrogens is 3. The molecule has 9 heteroatoms. The quantitative estimate of drug-likeness (QED) is 0.688. The van der Waals surface area contributed by atoms with E-state index in [1.165, 1.54) is 26.5 Å². The van der Waals surface area contributed by atoms with Crippen LogP contribution in [0, 0.1) is 17.6 Å². The minimum Gasteiger partial charge on any atom is -0.494 e. The number of pyridine rings is 1. The molecule has 1 saturated carbocycles. The fourth-order valence-corrected chi connectivity index (χ4v) is 2.90. The van der Waals surface area contributed by atoms with Crippen LogP contribution in [-0.2, 0) is 0 Å². The van der Waals surface area contributed by atoms with Gasteiger partial charge in [-0.25, -0.2) is 18.7 Å². The van der Waals surface area contributed by atoms with Crippen molar-refractivity contribution in [2.75, 3.05) is 26.5 Å². The van der Waals surface area contributed by atoms with E-state index in [1.807, 2.05) is 0 Å². The Morgan fingerprint density at radius 2 is 1.79 bits per heavy atom. The minimum absolute atomic E-state index is 0.0441. The third-order valence-corrected chi connectivity index (χ3v) is 4.59. The lowest BCUT2D eigenvalue weighted by molar-refractivity contribution is 0.359. The van der Waals surface area contributed by atoms with Crippen LogP contribution in [0.2, 0.25) is 0 Å². The molecule has 2 aromatic heterocycles. The zero-order valence-corrected chi connectivity index (χ0v) is 15.4. The summed E-state index contributed by atoms with van der Waals surface area (Å²) in [6.07, 6.45) is 3.69. The first-order valence-corrected chi connectivity index (χ1v) is 8.73. The minimum atomic E-state index is -0.878.